The fourth-order valence-corrected chi connectivity index (χ4v) is 7.59. The number of nitrogens with zero attached hydrogens (tertiary/aromatic N) is 2. The van der Waals surface area contributed by atoms with E-state index < -0.39 is 12.1 Å². The number of aromatic nitrogens is 1. The molecule has 0 radical (unpaired) electrons. The van der Waals surface area contributed by atoms with Gasteiger partial charge < -0.3 is 9.47 Å². The molecule has 8 nitrogen and oxygen atoms in total. The Hall–Kier alpha value is -4.56. The van der Waals surface area contributed by atoms with Crippen molar-refractivity contribution in [1.82, 2.24) is 4.98 Å². The second-order valence-electron chi connectivity index (χ2n) is 12.2. The first-order chi connectivity index (χ1) is 21.7. The van der Waals surface area contributed by atoms with Gasteiger partial charge in [-0.15, -0.1) is 0 Å². The first kappa shape index (κ1) is 29.2. The fourth-order valence-electron chi connectivity index (χ4n) is 7.43. The van der Waals surface area contributed by atoms with Crippen molar-refractivity contribution in [2.24, 2.45) is 23.7 Å². The molecule has 5 atom stereocenters. The predicted octanol–water partition coefficient (Wildman–Crippen LogP) is 6.84. The van der Waals surface area contributed by atoms with Crippen LogP contribution in [-0.2, 0) is 14.3 Å². The maximum Gasteiger partial charge on any atom is 0.339 e. The Kier molecular flexibility index (Phi) is 7.20. The second-order valence-corrected chi connectivity index (χ2v) is 12.6. The smallest absolute Gasteiger partial charge is 0.339 e. The van der Waals surface area contributed by atoms with Crippen LogP contribution in [0.2, 0.25) is 5.02 Å². The summed E-state index contributed by atoms with van der Waals surface area (Å²) in [6, 6.07) is 18.7. The van der Waals surface area contributed by atoms with Gasteiger partial charge in [-0.25, -0.2) is 9.78 Å². The molecule has 9 heteroatoms. The molecule has 3 fully saturated rings. The van der Waals surface area contributed by atoms with Crippen LogP contribution in [0.1, 0.15) is 52.5 Å². The molecular weight excluding hydrogens is 592 g/mol. The minimum atomic E-state index is -1.05. The Bertz CT molecular complexity index is 1860. The van der Waals surface area contributed by atoms with E-state index in [2.05, 4.69) is 0 Å². The molecule has 2 aliphatic carbocycles. The van der Waals surface area contributed by atoms with E-state index in [-0.39, 0.29) is 35.0 Å². The molecule has 45 heavy (non-hydrogen) atoms. The Balaban J connectivity index is 1.19. The Morgan fingerprint density at radius 1 is 0.933 bits per heavy atom. The van der Waals surface area contributed by atoms with Crippen molar-refractivity contribution in [2.45, 2.75) is 39.2 Å². The molecule has 1 aromatic heterocycles. The zero-order chi connectivity index (χ0) is 31.6. The SMILES string of the molecule is COc1ccc(C(=O)C(C)OC(=O)c2cc(-c3ccc(N4C(=O)C5C6CCC(C6)C5C4=O)cc3)nc3c(C)c(Cl)ccc23)cc1. The number of rotatable bonds is 7. The van der Waals surface area contributed by atoms with Crippen LogP contribution in [0.3, 0.4) is 0 Å². The number of aryl methyl sites for hydroxylation is 1. The van der Waals surface area contributed by atoms with Crippen LogP contribution in [0.15, 0.2) is 66.7 Å². The molecule has 0 spiro atoms. The van der Waals surface area contributed by atoms with E-state index in [0.29, 0.717) is 61.6 Å². The summed E-state index contributed by atoms with van der Waals surface area (Å²) in [7, 11) is 1.54. The number of ether oxygens (including phenoxy) is 2. The number of hydrogen-bond acceptors (Lipinski definition) is 7. The standard InChI is InChI=1S/C36H31ClN2O6/c1-18-28(37)15-14-26-27(36(43)45-19(2)33(40)21-8-12-25(44-3)13-9-21)17-29(38-32(18)26)20-6-10-24(11-7-20)39-34(41)30-22-4-5-23(16-22)31(30)35(39)42/h6-15,17,19,22-23,30-31H,4-5,16H2,1-3H3. The number of Topliss-reactive ketones (excluding diaryl/α,β-unsaturated/α-hetero) is 1. The molecule has 3 aliphatic rings. The van der Waals surface area contributed by atoms with Crippen LogP contribution in [0.25, 0.3) is 22.2 Å². The van der Waals surface area contributed by atoms with Crippen LogP contribution in [-0.4, -0.2) is 41.8 Å². The summed E-state index contributed by atoms with van der Waals surface area (Å²) < 4.78 is 10.8. The maximum atomic E-state index is 13.6. The van der Waals surface area contributed by atoms with Gasteiger partial charge >= 0.3 is 5.97 Å². The molecule has 1 saturated heterocycles. The average Bonchev–Trinajstić information content (AvgIpc) is 3.75. The number of anilines is 1. The fraction of sp³-hybridized carbons (Fsp3) is 0.306. The maximum absolute atomic E-state index is 13.6. The van der Waals surface area contributed by atoms with Crippen molar-refractivity contribution in [2.75, 3.05) is 12.0 Å². The molecule has 5 unspecified atom stereocenters. The molecule has 2 saturated carbocycles. The molecule has 0 N–H and O–H groups in total. The predicted molar refractivity (Wildman–Crippen MR) is 169 cm³/mol. The highest BCUT2D eigenvalue weighted by molar-refractivity contribution is 6.32. The van der Waals surface area contributed by atoms with Crippen molar-refractivity contribution in [3.05, 3.63) is 88.4 Å². The van der Waals surface area contributed by atoms with Crippen molar-refractivity contribution in [3.63, 3.8) is 0 Å². The van der Waals surface area contributed by atoms with Gasteiger partial charge in [-0.1, -0.05) is 29.8 Å². The number of hydrogen-bond donors (Lipinski definition) is 0. The molecule has 2 bridgehead atoms. The first-order valence-corrected chi connectivity index (χ1v) is 15.5. The minimum Gasteiger partial charge on any atom is -0.497 e. The first-order valence-electron chi connectivity index (χ1n) is 15.1. The molecular formula is C36H31ClN2O6. The van der Waals surface area contributed by atoms with E-state index in [4.69, 9.17) is 26.1 Å². The number of esters is 1. The monoisotopic (exact) mass is 622 g/mol. The topological polar surface area (TPSA) is 103 Å². The highest BCUT2D eigenvalue weighted by Crippen LogP contribution is 2.56. The van der Waals surface area contributed by atoms with E-state index >= 15 is 0 Å². The van der Waals surface area contributed by atoms with Gasteiger partial charge in [0.2, 0.25) is 17.6 Å². The number of ketones is 1. The molecule has 1 aliphatic heterocycles. The lowest BCUT2D eigenvalue weighted by atomic mass is 9.81. The van der Waals surface area contributed by atoms with Crippen LogP contribution < -0.4 is 9.64 Å². The van der Waals surface area contributed by atoms with Gasteiger partial charge in [0, 0.05) is 21.5 Å². The van der Waals surface area contributed by atoms with Gasteiger partial charge in [0.25, 0.3) is 0 Å². The van der Waals surface area contributed by atoms with E-state index in [1.165, 1.54) is 11.8 Å². The molecule has 2 heterocycles. The number of pyridine rings is 1. The molecule has 2 amide bonds. The van der Waals surface area contributed by atoms with E-state index in [1.807, 2.05) is 6.92 Å². The number of methoxy groups -OCH3 is 1. The number of carbonyl (C=O) groups is 4. The van der Waals surface area contributed by atoms with Crippen molar-refractivity contribution >= 4 is 51.8 Å². The lowest BCUT2D eigenvalue weighted by Crippen LogP contribution is -2.32. The quantitative estimate of drug-likeness (QED) is 0.126. The van der Waals surface area contributed by atoms with Crippen molar-refractivity contribution in [1.29, 1.82) is 0 Å². The Labute approximate surface area is 265 Å². The summed E-state index contributed by atoms with van der Waals surface area (Å²) in [5, 5.41) is 1.04. The number of fused-ring (bicyclic) bond motifs is 6. The normalized spacial score (nSPS) is 22.5. The van der Waals surface area contributed by atoms with Crippen LogP contribution >= 0.6 is 11.6 Å². The average molecular weight is 623 g/mol. The van der Waals surface area contributed by atoms with Gasteiger partial charge in [-0.3, -0.25) is 19.3 Å². The molecule has 7 rings (SSSR count). The third kappa shape index (κ3) is 4.79. The summed E-state index contributed by atoms with van der Waals surface area (Å²) in [5.41, 5.74) is 3.54. The summed E-state index contributed by atoms with van der Waals surface area (Å²) in [6.45, 7) is 3.36. The summed E-state index contributed by atoms with van der Waals surface area (Å²) in [4.78, 5) is 59.5. The highest BCUT2D eigenvalue weighted by Gasteiger charge is 2.61. The Morgan fingerprint density at radius 3 is 2.20 bits per heavy atom. The number of halogens is 1. The van der Waals surface area contributed by atoms with Gasteiger partial charge in [0.15, 0.2) is 6.10 Å². The third-order valence-electron chi connectivity index (χ3n) is 9.76. The van der Waals surface area contributed by atoms with Gasteiger partial charge in [-0.2, -0.15) is 0 Å². The molecule has 3 aromatic carbocycles. The minimum absolute atomic E-state index is 0.0950. The summed E-state index contributed by atoms with van der Waals surface area (Å²) >= 11 is 6.44. The zero-order valence-electron chi connectivity index (χ0n) is 25.1. The van der Waals surface area contributed by atoms with Crippen LogP contribution in [0, 0.1) is 30.6 Å². The lowest BCUT2D eigenvalue weighted by Gasteiger charge is -2.19. The van der Waals surface area contributed by atoms with E-state index in [0.717, 1.165) is 19.3 Å². The zero-order valence-corrected chi connectivity index (χ0v) is 25.8. The van der Waals surface area contributed by atoms with Gasteiger partial charge in [0.1, 0.15) is 5.75 Å². The van der Waals surface area contributed by atoms with Crippen molar-refractivity contribution in [3.8, 4) is 17.0 Å². The van der Waals surface area contributed by atoms with E-state index in [1.54, 1.807) is 73.8 Å². The molecule has 4 aromatic rings. The van der Waals surface area contributed by atoms with E-state index in [9.17, 15) is 19.2 Å². The lowest BCUT2D eigenvalue weighted by molar-refractivity contribution is -0.123. The second kappa shape index (κ2) is 11.1. The number of imide groups is 1. The van der Waals surface area contributed by atoms with Crippen molar-refractivity contribution < 1.29 is 28.7 Å². The Morgan fingerprint density at radius 2 is 1.58 bits per heavy atom. The molecule has 228 valence electrons. The number of amides is 2. The van der Waals surface area contributed by atoms with Crippen LogP contribution in [0.5, 0.6) is 5.75 Å². The summed E-state index contributed by atoms with van der Waals surface area (Å²) in [5.74, 6) is -0.369. The van der Waals surface area contributed by atoms with Crippen LogP contribution in [0.4, 0.5) is 5.69 Å². The van der Waals surface area contributed by atoms with Gasteiger partial charge in [0.05, 0.1) is 41.4 Å². The summed E-state index contributed by atoms with van der Waals surface area (Å²) in [6.07, 6.45) is 1.98. The van der Waals surface area contributed by atoms with Gasteiger partial charge in [-0.05, 0) is 99.0 Å². The third-order valence-corrected chi connectivity index (χ3v) is 10.2. The number of carbonyl (C=O) groups excluding carboxylic acids is 4. The largest absolute Gasteiger partial charge is 0.497 e. The highest BCUT2D eigenvalue weighted by atomic mass is 35.5. The number of benzene rings is 3.